The summed E-state index contributed by atoms with van der Waals surface area (Å²) in [5.74, 6) is -2.73. The number of alkyl halides is 2. The highest BCUT2D eigenvalue weighted by molar-refractivity contribution is 5.76. The van der Waals surface area contributed by atoms with Crippen molar-refractivity contribution in [2.24, 2.45) is 0 Å². The highest BCUT2D eigenvalue weighted by atomic mass is 19.3. The number of ether oxygens (including phenoxy) is 1. The fraction of sp³-hybridized carbons (Fsp3) is 0.909. The molecule has 1 unspecified atom stereocenters. The first-order chi connectivity index (χ1) is 7.53. The van der Waals surface area contributed by atoms with Gasteiger partial charge in [0.05, 0.1) is 7.11 Å². The monoisotopic (exact) mass is 233 g/mol. The molecule has 0 spiro atoms. The van der Waals surface area contributed by atoms with Crippen LogP contribution in [-0.4, -0.2) is 42.5 Å². The molecule has 92 valence electrons. The Morgan fingerprint density at radius 3 is 2.38 bits per heavy atom. The van der Waals surface area contributed by atoms with E-state index in [1.54, 1.807) is 0 Å². The van der Waals surface area contributed by atoms with E-state index in [0.717, 1.165) is 13.0 Å². The van der Waals surface area contributed by atoms with E-state index in [-0.39, 0.29) is 30.9 Å². The van der Waals surface area contributed by atoms with Gasteiger partial charge in [-0.05, 0) is 19.3 Å². The predicted octanol–water partition coefficient (Wildman–Crippen LogP) is 1.81. The molecule has 2 rings (SSSR count). The van der Waals surface area contributed by atoms with Crippen molar-refractivity contribution in [3.63, 3.8) is 0 Å². The van der Waals surface area contributed by atoms with Gasteiger partial charge in [0.15, 0.2) is 0 Å². The van der Waals surface area contributed by atoms with Crippen LogP contribution in [0.15, 0.2) is 0 Å². The summed E-state index contributed by atoms with van der Waals surface area (Å²) in [6.07, 6.45) is 1.66. The van der Waals surface area contributed by atoms with Crippen molar-refractivity contribution >= 4 is 5.97 Å². The zero-order valence-electron chi connectivity index (χ0n) is 9.42. The SMILES string of the molecule is COC(=O)C1CCN1C1CCC(F)(F)CC1. The molecule has 3 nitrogen and oxygen atoms in total. The second-order valence-corrected chi connectivity index (χ2v) is 4.65. The number of rotatable bonds is 2. The van der Waals surface area contributed by atoms with Gasteiger partial charge in [0.25, 0.3) is 0 Å². The fourth-order valence-corrected chi connectivity index (χ4v) is 2.59. The first-order valence-electron chi connectivity index (χ1n) is 5.75. The molecule has 1 atom stereocenters. The molecule has 16 heavy (non-hydrogen) atoms. The lowest BCUT2D eigenvalue weighted by molar-refractivity contribution is -0.156. The number of methoxy groups -OCH3 is 1. The molecule has 0 aromatic heterocycles. The Bertz CT molecular complexity index is 273. The first-order valence-corrected chi connectivity index (χ1v) is 5.75. The van der Waals surface area contributed by atoms with Gasteiger partial charge in [-0.2, -0.15) is 0 Å². The van der Waals surface area contributed by atoms with Crippen LogP contribution < -0.4 is 0 Å². The van der Waals surface area contributed by atoms with Crippen molar-refractivity contribution < 1.29 is 18.3 Å². The number of likely N-dealkylation sites (tertiary alicyclic amines) is 1. The molecule has 0 bridgehead atoms. The number of nitrogens with zero attached hydrogens (tertiary/aromatic N) is 1. The molecule has 2 fully saturated rings. The Balaban J connectivity index is 1.88. The second-order valence-electron chi connectivity index (χ2n) is 4.65. The number of carbonyl (C=O) groups is 1. The van der Waals surface area contributed by atoms with Crippen LogP contribution in [0.5, 0.6) is 0 Å². The lowest BCUT2D eigenvalue weighted by Crippen LogP contribution is -2.58. The molecular formula is C11H17F2NO2. The van der Waals surface area contributed by atoms with E-state index in [1.165, 1.54) is 7.11 Å². The lowest BCUT2D eigenvalue weighted by atomic mass is 9.87. The van der Waals surface area contributed by atoms with E-state index < -0.39 is 5.92 Å². The zero-order chi connectivity index (χ0) is 11.8. The van der Waals surface area contributed by atoms with Crippen molar-refractivity contribution in [2.45, 2.75) is 50.1 Å². The second kappa shape index (κ2) is 4.28. The average molecular weight is 233 g/mol. The number of halogens is 2. The fourth-order valence-electron chi connectivity index (χ4n) is 2.59. The molecular weight excluding hydrogens is 216 g/mol. The Morgan fingerprint density at radius 2 is 1.94 bits per heavy atom. The third kappa shape index (κ3) is 2.19. The minimum atomic E-state index is -2.50. The van der Waals surface area contributed by atoms with Crippen LogP contribution in [0, 0.1) is 0 Å². The minimum Gasteiger partial charge on any atom is -0.468 e. The maximum atomic E-state index is 13.0. The third-order valence-corrected chi connectivity index (χ3v) is 3.69. The van der Waals surface area contributed by atoms with Crippen LogP contribution >= 0.6 is 0 Å². The standard InChI is InChI=1S/C11H17F2NO2/c1-16-10(15)9-4-7-14(9)8-2-5-11(12,13)6-3-8/h8-9H,2-7H2,1H3. The van der Waals surface area contributed by atoms with Gasteiger partial charge in [-0.15, -0.1) is 0 Å². The van der Waals surface area contributed by atoms with Crippen molar-refractivity contribution in [2.75, 3.05) is 13.7 Å². The largest absolute Gasteiger partial charge is 0.468 e. The van der Waals surface area contributed by atoms with E-state index in [1.807, 2.05) is 4.90 Å². The third-order valence-electron chi connectivity index (χ3n) is 3.69. The summed E-state index contributed by atoms with van der Waals surface area (Å²) >= 11 is 0. The van der Waals surface area contributed by atoms with Crippen molar-refractivity contribution in [1.29, 1.82) is 0 Å². The minimum absolute atomic E-state index is 0.0535. The van der Waals surface area contributed by atoms with E-state index in [0.29, 0.717) is 12.8 Å². The summed E-state index contributed by atoms with van der Waals surface area (Å²) in [5.41, 5.74) is 0. The van der Waals surface area contributed by atoms with E-state index in [2.05, 4.69) is 4.74 Å². The van der Waals surface area contributed by atoms with Gasteiger partial charge in [0, 0.05) is 25.4 Å². The molecule has 0 amide bonds. The molecule has 1 saturated heterocycles. The molecule has 1 saturated carbocycles. The highest BCUT2D eigenvalue weighted by Gasteiger charge is 2.43. The molecule has 0 N–H and O–H groups in total. The topological polar surface area (TPSA) is 29.5 Å². The summed E-state index contributed by atoms with van der Waals surface area (Å²) in [5, 5.41) is 0. The first kappa shape index (κ1) is 11.8. The molecule has 0 radical (unpaired) electrons. The average Bonchev–Trinajstić information content (AvgIpc) is 2.19. The number of hydrogen-bond acceptors (Lipinski definition) is 3. The summed E-state index contributed by atoms with van der Waals surface area (Å²) in [4.78, 5) is 13.4. The van der Waals surface area contributed by atoms with Gasteiger partial charge in [-0.1, -0.05) is 0 Å². The van der Waals surface area contributed by atoms with Crippen LogP contribution in [0.4, 0.5) is 8.78 Å². The van der Waals surface area contributed by atoms with Gasteiger partial charge >= 0.3 is 5.97 Å². The van der Waals surface area contributed by atoms with Gasteiger partial charge in [0.2, 0.25) is 5.92 Å². The van der Waals surface area contributed by atoms with Crippen LogP contribution in [0.1, 0.15) is 32.1 Å². The van der Waals surface area contributed by atoms with Gasteiger partial charge in [-0.3, -0.25) is 9.69 Å². The normalized spacial score (nSPS) is 30.8. The van der Waals surface area contributed by atoms with Crippen molar-refractivity contribution in [3.05, 3.63) is 0 Å². The Hall–Kier alpha value is -0.710. The van der Waals surface area contributed by atoms with Gasteiger partial charge in [-0.25, -0.2) is 8.78 Å². The van der Waals surface area contributed by atoms with E-state index in [4.69, 9.17) is 0 Å². The van der Waals surface area contributed by atoms with Crippen LogP contribution in [-0.2, 0) is 9.53 Å². The summed E-state index contributed by atoms with van der Waals surface area (Å²) < 4.78 is 30.6. The molecule has 0 aromatic rings. The number of esters is 1. The predicted molar refractivity (Wildman–Crippen MR) is 54.3 cm³/mol. The maximum Gasteiger partial charge on any atom is 0.323 e. The van der Waals surface area contributed by atoms with E-state index >= 15 is 0 Å². The summed E-state index contributed by atoms with van der Waals surface area (Å²) in [6, 6.07) is -0.0563. The summed E-state index contributed by atoms with van der Waals surface area (Å²) in [6.45, 7) is 0.829. The maximum absolute atomic E-state index is 13.0. The van der Waals surface area contributed by atoms with Crippen LogP contribution in [0.3, 0.4) is 0 Å². The molecule has 2 aliphatic rings. The van der Waals surface area contributed by atoms with Crippen molar-refractivity contribution in [1.82, 2.24) is 4.90 Å². The number of hydrogen-bond donors (Lipinski definition) is 0. The highest BCUT2D eigenvalue weighted by Crippen LogP contribution is 2.37. The van der Waals surface area contributed by atoms with Crippen molar-refractivity contribution in [3.8, 4) is 0 Å². The molecule has 1 aliphatic heterocycles. The van der Waals surface area contributed by atoms with Crippen LogP contribution in [0.25, 0.3) is 0 Å². The van der Waals surface area contributed by atoms with Gasteiger partial charge < -0.3 is 4.74 Å². The molecule has 1 aliphatic carbocycles. The van der Waals surface area contributed by atoms with Crippen LogP contribution in [0.2, 0.25) is 0 Å². The van der Waals surface area contributed by atoms with E-state index in [9.17, 15) is 13.6 Å². The Labute approximate surface area is 93.7 Å². The molecule has 1 heterocycles. The number of carbonyl (C=O) groups excluding carboxylic acids is 1. The molecule has 0 aromatic carbocycles. The Kier molecular flexibility index (Phi) is 3.15. The summed E-state index contributed by atoms with van der Waals surface area (Å²) in [7, 11) is 1.37. The Morgan fingerprint density at radius 1 is 1.31 bits per heavy atom. The lowest BCUT2D eigenvalue weighted by Gasteiger charge is -2.46. The van der Waals surface area contributed by atoms with Gasteiger partial charge in [0.1, 0.15) is 6.04 Å². The quantitative estimate of drug-likeness (QED) is 0.681. The molecule has 5 heteroatoms. The smallest absolute Gasteiger partial charge is 0.323 e. The zero-order valence-corrected chi connectivity index (χ0v) is 9.42.